The van der Waals surface area contributed by atoms with Crippen LogP contribution < -0.4 is 10.6 Å². The first-order chi connectivity index (χ1) is 14.5. The van der Waals surface area contributed by atoms with Crippen LogP contribution >= 0.6 is 0 Å². The molecule has 1 saturated carbocycles. The maximum Gasteiger partial charge on any atom is 0.257 e. The largest absolute Gasteiger partial charge is 0.362 e. The van der Waals surface area contributed by atoms with Crippen LogP contribution in [0.1, 0.15) is 60.2 Å². The van der Waals surface area contributed by atoms with Crippen molar-refractivity contribution in [3.8, 4) is 0 Å². The Bertz CT molecular complexity index is 928. The number of amides is 2. The first-order valence-corrected chi connectivity index (χ1v) is 10.9. The highest BCUT2D eigenvalue weighted by molar-refractivity contribution is 6.03. The second-order valence-electron chi connectivity index (χ2n) is 8.50. The Labute approximate surface area is 177 Å². The van der Waals surface area contributed by atoms with E-state index >= 15 is 0 Å². The van der Waals surface area contributed by atoms with Gasteiger partial charge in [-0.25, -0.2) is 0 Å². The molecule has 2 aromatic rings. The molecule has 2 aliphatic heterocycles. The summed E-state index contributed by atoms with van der Waals surface area (Å²) < 4.78 is 0. The minimum absolute atomic E-state index is 0.0909. The van der Waals surface area contributed by atoms with Gasteiger partial charge < -0.3 is 20.4 Å². The van der Waals surface area contributed by atoms with Gasteiger partial charge in [-0.3, -0.25) is 9.59 Å². The molecule has 0 saturated heterocycles. The third-order valence-electron chi connectivity index (χ3n) is 7.11. The van der Waals surface area contributed by atoms with Gasteiger partial charge in [0.2, 0.25) is 0 Å². The van der Waals surface area contributed by atoms with E-state index in [1.807, 2.05) is 72.2 Å². The first kappa shape index (κ1) is 19.0. The minimum atomic E-state index is -0.410. The van der Waals surface area contributed by atoms with Crippen LogP contribution in [-0.2, 0) is 0 Å². The van der Waals surface area contributed by atoms with Gasteiger partial charge in [0.05, 0.1) is 11.1 Å². The van der Waals surface area contributed by atoms with E-state index in [9.17, 15) is 9.59 Å². The lowest BCUT2D eigenvalue weighted by atomic mass is 9.76. The summed E-state index contributed by atoms with van der Waals surface area (Å²) in [7, 11) is 0. The molecule has 2 spiro atoms. The zero-order valence-electron chi connectivity index (χ0n) is 17.6. The normalized spacial score (nSPS) is 27.5. The molecule has 0 bridgehead atoms. The van der Waals surface area contributed by atoms with E-state index in [1.54, 1.807) is 0 Å². The Morgan fingerprint density at radius 3 is 1.43 bits per heavy atom. The standard InChI is InChI=1S/C24H28N4O2/c1-3-27-21(29)17-9-5-7-11-19(17)25-23(27)13-15-24(16-14-23)26-20-12-8-6-10-18(20)22(30)28(24)4-2/h5-12,25-26H,3-4,13-16H2,1-2H3. The predicted octanol–water partition coefficient (Wildman–Crippen LogP) is 4.13. The summed E-state index contributed by atoms with van der Waals surface area (Å²) in [5, 5.41) is 7.41. The molecule has 6 heteroatoms. The molecule has 0 atom stereocenters. The molecule has 2 heterocycles. The van der Waals surface area contributed by atoms with Crippen LogP contribution in [0.5, 0.6) is 0 Å². The van der Waals surface area contributed by atoms with E-state index in [0.717, 1.165) is 48.2 Å². The molecule has 1 fully saturated rings. The lowest BCUT2D eigenvalue weighted by molar-refractivity contribution is 0.00350. The Balaban J connectivity index is 1.48. The van der Waals surface area contributed by atoms with E-state index in [1.165, 1.54) is 0 Å². The molecular formula is C24H28N4O2. The summed E-state index contributed by atoms with van der Waals surface area (Å²) in [4.78, 5) is 30.4. The predicted molar refractivity (Wildman–Crippen MR) is 117 cm³/mol. The Hall–Kier alpha value is -3.02. The summed E-state index contributed by atoms with van der Waals surface area (Å²) in [6.07, 6.45) is 3.11. The van der Waals surface area contributed by atoms with Crippen LogP contribution in [0.3, 0.4) is 0 Å². The number of nitrogens with zero attached hydrogens (tertiary/aromatic N) is 2. The molecule has 1 aliphatic carbocycles. The van der Waals surface area contributed by atoms with Gasteiger partial charge in [0.25, 0.3) is 11.8 Å². The lowest BCUT2D eigenvalue weighted by Crippen LogP contribution is -2.68. The van der Waals surface area contributed by atoms with Gasteiger partial charge in [0.1, 0.15) is 11.3 Å². The van der Waals surface area contributed by atoms with Gasteiger partial charge >= 0.3 is 0 Å². The number of rotatable bonds is 2. The average molecular weight is 405 g/mol. The number of hydrogen-bond acceptors (Lipinski definition) is 4. The molecular weight excluding hydrogens is 376 g/mol. The van der Waals surface area contributed by atoms with Gasteiger partial charge in [0, 0.05) is 24.5 Å². The molecule has 3 aliphatic rings. The monoisotopic (exact) mass is 404 g/mol. The molecule has 2 N–H and O–H groups in total. The number of carbonyl (C=O) groups excluding carboxylic acids is 2. The molecule has 5 rings (SSSR count). The van der Waals surface area contributed by atoms with Crippen LogP contribution in [0.15, 0.2) is 48.5 Å². The zero-order chi connectivity index (χ0) is 20.9. The third kappa shape index (κ3) is 2.56. The van der Waals surface area contributed by atoms with Crippen molar-refractivity contribution in [3.63, 3.8) is 0 Å². The highest BCUT2D eigenvalue weighted by atomic mass is 16.2. The zero-order valence-corrected chi connectivity index (χ0v) is 17.6. The number of carbonyl (C=O) groups is 2. The van der Waals surface area contributed by atoms with Crippen molar-refractivity contribution in [1.29, 1.82) is 0 Å². The Morgan fingerprint density at radius 2 is 1.07 bits per heavy atom. The van der Waals surface area contributed by atoms with Crippen molar-refractivity contribution < 1.29 is 9.59 Å². The van der Waals surface area contributed by atoms with Crippen molar-refractivity contribution in [1.82, 2.24) is 9.80 Å². The number of nitrogens with one attached hydrogen (secondary N) is 2. The molecule has 2 amide bonds. The van der Waals surface area contributed by atoms with E-state index in [-0.39, 0.29) is 11.8 Å². The fraction of sp³-hybridized carbons (Fsp3) is 0.417. The molecule has 0 radical (unpaired) electrons. The maximum atomic E-state index is 13.2. The number of hydrogen-bond donors (Lipinski definition) is 2. The molecule has 30 heavy (non-hydrogen) atoms. The molecule has 2 aromatic carbocycles. The second-order valence-corrected chi connectivity index (χ2v) is 8.50. The van der Waals surface area contributed by atoms with E-state index in [4.69, 9.17) is 0 Å². The van der Waals surface area contributed by atoms with Crippen LogP contribution in [-0.4, -0.2) is 46.0 Å². The first-order valence-electron chi connectivity index (χ1n) is 10.9. The summed E-state index contributed by atoms with van der Waals surface area (Å²) >= 11 is 0. The van der Waals surface area contributed by atoms with Gasteiger partial charge in [-0.05, 0) is 63.8 Å². The SMILES string of the molecule is CCN1C(=O)c2ccccc2NC12CCC1(CC2)Nc2ccccc2C(=O)N1CC. The maximum absolute atomic E-state index is 13.2. The summed E-state index contributed by atoms with van der Waals surface area (Å²) in [5.74, 6) is 0.182. The molecule has 0 aromatic heterocycles. The topological polar surface area (TPSA) is 64.7 Å². The van der Waals surface area contributed by atoms with Gasteiger partial charge in [0.15, 0.2) is 0 Å². The lowest BCUT2D eigenvalue weighted by Gasteiger charge is -2.57. The Morgan fingerprint density at radius 1 is 0.700 bits per heavy atom. The quantitative estimate of drug-likeness (QED) is 0.790. The molecule has 0 unspecified atom stereocenters. The molecule has 156 valence electrons. The fourth-order valence-electron chi connectivity index (χ4n) is 5.63. The summed E-state index contributed by atoms with van der Waals surface area (Å²) in [6, 6.07) is 15.5. The van der Waals surface area contributed by atoms with Crippen molar-refractivity contribution in [2.24, 2.45) is 0 Å². The number of benzene rings is 2. The van der Waals surface area contributed by atoms with Crippen LogP contribution in [0.25, 0.3) is 0 Å². The van der Waals surface area contributed by atoms with Gasteiger partial charge in [-0.2, -0.15) is 0 Å². The van der Waals surface area contributed by atoms with Crippen molar-refractivity contribution in [3.05, 3.63) is 59.7 Å². The highest BCUT2D eigenvalue weighted by Gasteiger charge is 2.53. The van der Waals surface area contributed by atoms with Crippen molar-refractivity contribution in [2.45, 2.75) is 50.9 Å². The van der Waals surface area contributed by atoms with Crippen molar-refractivity contribution >= 4 is 23.2 Å². The summed E-state index contributed by atoms with van der Waals surface area (Å²) in [5.41, 5.74) is 2.47. The van der Waals surface area contributed by atoms with E-state index in [0.29, 0.717) is 13.1 Å². The van der Waals surface area contributed by atoms with Crippen LogP contribution in [0.4, 0.5) is 11.4 Å². The third-order valence-corrected chi connectivity index (χ3v) is 7.11. The number of anilines is 2. The smallest absolute Gasteiger partial charge is 0.257 e. The second kappa shape index (κ2) is 6.76. The summed E-state index contributed by atoms with van der Waals surface area (Å²) in [6.45, 7) is 5.38. The average Bonchev–Trinajstić information content (AvgIpc) is 2.77. The van der Waals surface area contributed by atoms with Crippen LogP contribution in [0, 0.1) is 0 Å². The minimum Gasteiger partial charge on any atom is -0.362 e. The van der Waals surface area contributed by atoms with E-state index < -0.39 is 11.3 Å². The Kier molecular flexibility index (Phi) is 4.27. The van der Waals surface area contributed by atoms with Gasteiger partial charge in [-0.15, -0.1) is 0 Å². The fourth-order valence-corrected chi connectivity index (χ4v) is 5.63. The van der Waals surface area contributed by atoms with Gasteiger partial charge in [-0.1, -0.05) is 24.3 Å². The highest BCUT2D eigenvalue weighted by Crippen LogP contribution is 2.47. The number of para-hydroxylation sites is 2. The van der Waals surface area contributed by atoms with E-state index in [2.05, 4.69) is 10.6 Å². The molecule has 6 nitrogen and oxygen atoms in total. The van der Waals surface area contributed by atoms with Crippen LogP contribution in [0.2, 0.25) is 0 Å². The van der Waals surface area contributed by atoms with Crippen molar-refractivity contribution in [2.75, 3.05) is 23.7 Å². The number of fused-ring (bicyclic) bond motifs is 2.